The van der Waals surface area contributed by atoms with Gasteiger partial charge in [0.05, 0.1) is 13.2 Å². The Kier molecular flexibility index (Phi) is 3.91. The monoisotopic (exact) mass is 267 g/mol. The molecule has 0 radical (unpaired) electrons. The van der Waals surface area contributed by atoms with E-state index >= 15 is 0 Å². The van der Waals surface area contributed by atoms with E-state index < -0.39 is 35.0 Å². The summed E-state index contributed by atoms with van der Waals surface area (Å²) < 4.78 is 44.6. The molecule has 18 heavy (non-hydrogen) atoms. The minimum atomic E-state index is -5.00. The number of nitro groups is 1. The molecule has 0 aromatic carbocycles. The topological polar surface area (TPSA) is 101 Å². The maximum Gasteiger partial charge on any atom is 0.573 e. The summed E-state index contributed by atoms with van der Waals surface area (Å²) in [7, 11) is 1.10. The summed E-state index contributed by atoms with van der Waals surface area (Å²) in [5.41, 5.74) is 4.71. The molecule has 1 aromatic rings. The first-order valence-corrected chi connectivity index (χ1v) is 4.46. The van der Waals surface area contributed by atoms with Crippen molar-refractivity contribution in [2.45, 2.75) is 12.9 Å². The number of hydrogen-bond donors (Lipinski definition) is 1. The summed E-state index contributed by atoms with van der Waals surface area (Å²) in [6.45, 7) is -0.529. The van der Waals surface area contributed by atoms with E-state index in [9.17, 15) is 23.3 Å². The van der Waals surface area contributed by atoms with Crippen molar-refractivity contribution >= 4 is 5.82 Å². The average molecular weight is 267 g/mol. The third-order valence-electron chi connectivity index (χ3n) is 1.85. The highest BCUT2D eigenvalue weighted by atomic mass is 19.4. The van der Waals surface area contributed by atoms with Crippen LogP contribution in [0.15, 0.2) is 6.07 Å². The lowest BCUT2D eigenvalue weighted by atomic mass is 10.2. The van der Waals surface area contributed by atoms with Gasteiger partial charge in [-0.2, -0.15) is 0 Å². The van der Waals surface area contributed by atoms with E-state index in [1.165, 1.54) is 0 Å². The lowest BCUT2D eigenvalue weighted by Gasteiger charge is -2.12. The van der Waals surface area contributed by atoms with Crippen LogP contribution in [-0.4, -0.2) is 23.4 Å². The van der Waals surface area contributed by atoms with Gasteiger partial charge in [0.15, 0.2) is 0 Å². The normalized spacial score (nSPS) is 11.2. The number of nitrogens with zero attached hydrogens (tertiary/aromatic N) is 2. The molecular weight excluding hydrogens is 259 g/mol. The SMILES string of the molecule is COc1cc(OC(F)(F)F)c(CN)c([N+](=O)[O-])n1. The molecule has 0 saturated heterocycles. The molecule has 100 valence electrons. The molecule has 2 N–H and O–H groups in total. The molecule has 0 fully saturated rings. The predicted molar refractivity (Wildman–Crippen MR) is 52.0 cm³/mol. The fourth-order valence-electron chi connectivity index (χ4n) is 1.18. The number of halogens is 3. The first-order chi connectivity index (χ1) is 8.28. The Balaban J connectivity index is 3.37. The second kappa shape index (κ2) is 5.04. The summed E-state index contributed by atoms with van der Waals surface area (Å²) in [5, 5.41) is 10.7. The van der Waals surface area contributed by atoms with Crippen molar-refractivity contribution < 1.29 is 27.6 Å². The predicted octanol–water partition coefficient (Wildman–Crippen LogP) is 1.36. The zero-order valence-corrected chi connectivity index (χ0v) is 9.02. The molecule has 0 saturated carbocycles. The molecule has 1 rings (SSSR count). The van der Waals surface area contributed by atoms with E-state index in [0.717, 1.165) is 13.2 Å². The van der Waals surface area contributed by atoms with Crippen LogP contribution in [-0.2, 0) is 6.54 Å². The number of nitrogens with two attached hydrogens (primary N) is 1. The van der Waals surface area contributed by atoms with Crippen LogP contribution in [0.4, 0.5) is 19.0 Å². The molecule has 0 amide bonds. The Bertz CT molecular complexity index is 464. The van der Waals surface area contributed by atoms with Crippen LogP contribution in [0.5, 0.6) is 11.6 Å². The van der Waals surface area contributed by atoms with Gasteiger partial charge in [0.25, 0.3) is 0 Å². The van der Waals surface area contributed by atoms with Crippen molar-refractivity contribution in [2.24, 2.45) is 5.73 Å². The lowest BCUT2D eigenvalue weighted by molar-refractivity contribution is -0.390. The highest BCUT2D eigenvalue weighted by Crippen LogP contribution is 2.33. The Labute approximate surface area is 98.5 Å². The summed E-state index contributed by atoms with van der Waals surface area (Å²) in [6, 6.07) is 0.780. The van der Waals surface area contributed by atoms with Gasteiger partial charge < -0.3 is 25.3 Å². The molecule has 0 unspecified atom stereocenters. The molecule has 0 atom stereocenters. The zero-order chi connectivity index (χ0) is 13.9. The first-order valence-electron chi connectivity index (χ1n) is 4.46. The third kappa shape index (κ3) is 3.20. The second-order valence-corrected chi connectivity index (χ2v) is 2.97. The second-order valence-electron chi connectivity index (χ2n) is 2.97. The minimum Gasteiger partial charge on any atom is -0.463 e. The van der Waals surface area contributed by atoms with Gasteiger partial charge in [-0.3, -0.25) is 0 Å². The van der Waals surface area contributed by atoms with Crippen LogP contribution < -0.4 is 15.2 Å². The van der Waals surface area contributed by atoms with Gasteiger partial charge in [0.1, 0.15) is 11.3 Å². The highest BCUT2D eigenvalue weighted by Gasteiger charge is 2.35. The van der Waals surface area contributed by atoms with Crippen LogP contribution in [0, 0.1) is 10.1 Å². The summed E-state index contributed by atoms with van der Waals surface area (Å²) in [6.07, 6.45) is -5.00. The molecule has 0 spiro atoms. The third-order valence-corrected chi connectivity index (χ3v) is 1.85. The maximum absolute atomic E-state index is 12.1. The minimum absolute atomic E-state index is 0.377. The van der Waals surface area contributed by atoms with Gasteiger partial charge >= 0.3 is 18.1 Å². The van der Waals surface area contributed by atoms with Crippen LogP contribution in [0.1, 0.15) is 5.56 Å². The molecule has 0 bridgehead atoms. The first kappa shape index (κ1) is 14.0. The Morgan fingerprint density at radius 2 is 2.17 bits per heavy atom. The number of pyridine rings is 1. The van der Waals surface area contributed by atoms with E-state index in [1.807, 2.05) is 0 Å². The molecule has 0 aliphatic rings. The molecule has 10 heteroatoms. The van der Waals surface area contributed by atoms with Gasteiger partial charge in [-0.25, -0.2) is 0 Å². The van der Waals surface area contributed by atoms with Crippen LogP contribution >= 0.6 is 0 Å². The number of hydrogen-bond acceptors (Lipinski definition) is 6. The number of rotatable bonds is 4. The van der Waals surface area contributed by atoms with Crippen molar-refractivity contribution in [2.75, 3.05) is 7.11 Å². The maximum atomic E-state index is 12.1. The Hall–Kier alpha value is -2.10. The quantitative estimate of drug-likeness (QED) is 0.652. The fraction of sp³-hybridized carbons (Fsp3) is 0.375. The number of ether oxygens (including phenoxy) is 2. The highest BCUT2D eigenvalue weighted by molar-refractivity contribution is 5.47. The van der Waals surface area contributed by atoms with Gasteiger partial charge in [0.2, 0.25) is 0 Å². The standard InChI is InChI=1S/C8H8F3N3O4/c1-17-6-2-5(18-8(9,10)11)4(3-12)7(13-6)14(15)16/h2H,3,12H2,1H3. The molecule has 1 heterocycles. The van der Waals surface area contributed by atoms with E-state index in [4.69, 9.17) is 5.73 Å². The smallest absolute Gasteiger partial charge is 0.463 e. The fourth-order valence-corrected chi connectivity index (χ4v) is 1.18. The van der Waals surface area contributed by atoms with E-state index in [2.05, 4.69) is 14.5 Å². The van der Waals surface area contributed by atoms with E-state index in [0.29, 0.717) is 0 Å². The van der Waals surface area contributed by atoms with Gasteiger partial charge in [-0.1, -0.05) is 0 Å². The van der Waals surface area contributed by atoms with E-state index in [1.54, 1.807) is 0 Å². The van der Waals surface area contributed by atoms with E-state index in [-0.39, 0.29) is 5.88 Å². The van der Waals surface area contributed by atoms with Crippen molar-refractivity contribution in [3.8, 4) is 11.6 Å². The van der Waals surface area contributed by atoms with Crippen LogP contribution in [0.2, 0.25) is 0 Å². The van der Waals surface area contributed by atoms with Crippen molar-refractivity contribution in [1.82, 2.24) is 4.98 Å². The Morgan fingerprint density at radius 3 is 2.56 bits per heavy atom. The lowest BCUT2D eigenvalue weighted by Crippen LogP contribution is -2.19. The molecule has 0 aliphatic carbocycles. The van der Waals surface area contributed by atoms with Gasteiger partial charge in [-0.15, -0.1) is 13.2 Å². The number of alkyl halides is 3. The summed E-state index contributed by atoms with van der Waals surface area (Å²) in [4.78, 5) is 13.1. The van der Waals surface area contributed by atoms with Gasteiger partial charge in [0, 0.05) is 11.5 Å². The molecular formula is C8H8F3N3O4. The number of methoxy groups -OCH3 is 1. The van der Waals surface area contributed by atoms with Crippen molar-refractivity contribution in [1.29, 1.82) is 0 Å². The zero-order valence-electron chi connectivity index (χ0n) is 9.02. The summed E-state index contributed by atoms with van der Waals surface area (Å²) in [5.74, 6) is -2.02. The van der Waals surface area contributed by atoms with Crippen LogP contribution in [0.3, 0.4) is 0 Å². The summed E-state index contributed by atoms with van der Waals surface area (Å²) >= 11 is 0. The molecule has 7 nitrogen and oxygen atoms in total. The average Bonchev–Trinajstić information content (AvgIpc) is 2.25. The van der Waals surface area contributed by atoms with Crippen LogP contribution in [0.25, 0.3) is 0 Å². The van der Waals surface area contributed by atoms with Crippen molar-refractivity contribution in [3.05, 3.63) is 21.7 Å². The van der Waals surface area contributed by atoms with Gasteiger partial charge in [-0.05, 0) is 4.92 Å². The molecule has 1 aromatic heterocycles. The van der Waals surface area contributed by atoms with Crippen molar-refractivity contribution in [3.63, 3.8) is 0 Å². The number of aromatic nitrogens is 1. The molecule has 0 aliphatic heterocycles. The largest absolute Gasteiger partial charge is 0.573 e. The Morgan fingerprint density at radius 1 is 1.56 bits per heavy atom.